The summed E-state index contributed by atoms with van der Waals surface area (Å²) in [7, 11) is -3.57. The molecule has 0 aliphatic heterocycles. The Kier molecular flexibility index (Phi) is 10.6. The molecule has 0 aliphatic rings. The molecule has 10 nitrogen and oxygen atoms in total. The van der Waals surface area contributed by atoms with E-state index in [1.165, 1.54) is 5.38 Å². The number of aliphatic hydroxyl groups excluding tert-OH is 2. The number of aliphatic hydroxyl groups is 2. The van der Waals surface area contributed by atoms with Crippen molar-refractivity contribution in [3.05, 3.63) is 82.9 Å². The Morgan fingerprint density at radius 2 is 1.54 bits per heavy atom. The molecule has 2 aromatic carbocycles. The molecular formula is C27H34N4O6S2. The first kappa shape index (κ1) is 30.2. The lowest BCUT2D eigenvalue weighted by atomic mass is 9.83. The predicted octanol–water partition coefficient (Wildman–Crippen LogP) is 2.17. The van der Waals surface area contributed by atoms with Gasteiger partial charge in [-0.3, -0.25) is 14.3 Å². The number of thiazole rings is 1. The lowest BCUT2D eigenvalue weighted by Crippen LogP contribution is -2.55. The fraction of sp³-hybridized carbons (Fsp3) is 0.370. The highest BCUT2D eigenvalue weighted by atomic mass is 32.2. The summed E-state index contributed by atoms with van der Waals surface area (Å²) in [5.74, 6) is -2.35. The molecule has 0 radical (unpaired) electrons. The molecule has 1 heterocycles. The van der Waals surface area contributed by atoms with Crippen molar-refractivity contribution in [3.63, 3.8) is 0 Å². The van der Waals surface area contributed by atoms with E-state index in [0.717, 1.165) is 28.7 Å². The van der Waals surface area contributed by atoms with E-state index in [1.807, 2.05) is 60.7 Å². The summed E-state index contributed by atoms with van der Waals surface area (Å²) in [5, 5.41) is 29.5. The Balaban J connectivity index is 1.79. The van der Waals surface area contributed by atoms with Gasteiger partial charge in [-0.25, -0.2) is 13.4 Å². The van der Waals surface area contributed by atoms with E-state index in [2.05, 4.69) is 20.3 Å². The van der Waals surface area contributed by atoms with Crippen molar-refractivity contribution in [3.8, 4) is 0 Å². The van der Waals surface area contributed by atoms with Crippen LogP contribution in [0.5, 0.6) is 0 Å². The number of carbonyl (C=O) groups excluding carboxylic acids is 2. The second-order valence-corrected chi connectivity index (χ2v) is 12.2. The molecule has 0 spiro atoms. The van der Waals surface area contributed by atoms with E-state index in [-0.39, 0.29) is 29.7 Å². The first-order valence-electron chi connectivity index (χ1n) is 12.4. The third kappa shape index (κ3) is 9.13. The molecule has 3 aromatic rings. The minimum atomic E-state index is -3.57. The molecule has 2 amide bonds. The number of hydrogen-bond donors (Lipinski definition) is 5. The van der Waals surface area contributed by atoms with Gasteiger partial charge in [0.15, 0.2) is 5.13 Å². The second kappa shape index (κ2) is 13.7. The topological polar surface area (TPSA) is 158 Å². The summed E-state index contributed by atoms with van der Waals surface area (Å²) >= 11 is 0.940. The van der Waals surface area contributed by atoms with E-state index in [0.29, 0.717) is 0 Å². The zero-order chi connectivity index (χ0) is 28.6. The van der Waals surface area contributed by atoms with Crippen LogP contribution in [0.15, 0.2) is 66.0 Å². The minimum absolute atomic E-state index is 0.0257. The van der Waals surface area contributed by atoms with Gasteiger partial charge in [0.1, 0.15) is 11.8 Å². The molecule has 0 unspecified atom stereocenters. The third-order valence-electron chi connectivity index (χ3n) is 6.09. The molecule has 0 aliphatic carbocycles. The monoisotopic (exact) mass is 574 g/mol. The highest BCUT2D eigenvalue weighted by molar-refractivity contribution is 7.92. The summed E-state index contributed by atoms with van der Waals surface area (Å²) in [4.78, 5) is 30.2. The summed E-state index contributed by atoms with van der Waals surface area (Å²) in [5.41, 5.74) is 1.64. The summed E-state index contributed by atoms with van der Waals surface area (Å²) in [6.45, 7) is 3.82. The van der Waals surface area contributed by atoms with Crippen LogP contribution in [0.1, 0.15) is 35.5 Å². The van der Waals surface area contributed by atoms with E-state index in [1.54, 1.807) is 13.8 Å². The van der Waals surface area contributed by atoms with Crippen molar-refractivity contribution >= 4 is 38.3 Å². The predicted molar refractivity (Wildman–Crippen MR) is 151 cm³/mol. The Morgan fingerprint density at radius 3 is 2.10 bits per heavy atom. The average Bonchev–Trinajstić information content (AvgIpc) is 3.34. The molecule has 1 aromatic heterocycles. The smallest absolute Gasteiger partial charge is 0.271 e. The van der Waals surface area contributed by atoms with Crippen molar-refractivity contribution in [2.75, 3.05) is 11.0 Å². The number of aromatic nitrogens is 1. The van der Waals surface area contributed by atoms with E-state index < -0.39 is 46.0 Å². The molecule has 39 heavy (non-hydrogen) atoms. The minimum Gasteiger partial charge on any atom is -0.390 e. The number of benzene rings is 2. The quantitative estimate of drug-likeness (QED) is 0.209. The number of nitrogens with one attached hydrogen (secondary N) is 3. The van der Waals surface area contributed by atoms with Gasteiger partial charge in [0, 0.05) is 11.9 Å². The number of sulfonamides is 1. The highest BCUT2D eigenvalue weighted by Gasteiger charge is 2.38. The molecule has 0 saturated carbocycles. The van der Waals surface area contributed by atoms with Crippen LogP contribution in [0.25, 0.3) is 0 Å². The van der Waals surface area contributed by atoms with Gasteiger partial charge < -0.3 is 20.8 Å². The van der Waals surface area contributed by atoms with Crippen molar-refractivity contribution < 1.29 is 28.2 Å². The number of nitrogens with zero attached hydrogens (tertiary/aromatic N) is 1. The Bertz CT molecular complexity index is 1330. The maximum Gasteiger partial charge on any atom is 0.271 e. The van der Waals surface area contributed by atoms with Gasteiger partial charge in [-0.1, -0.05) is 74.5 Å². The highest BCUT2D eigenvalue weighted by Crippen LogP contribution is 2.23. The van der Waals surface area contributed by atoms with Crippen LogP contribution < -0.4 is 15.4 Å². The van der Waals surface area contributed by atoms with Crippen LogP contribution in [-0.4, -0.2) is 59.9 Å². The number of carbonyl (C=O) groups is 2. The van der Waals surface area contributed by atoms with Gasteiger partial charge in [0.2, 0.25) is 15.9 Å². The molecule has 3 rings (SSSR count). The van der Waals surface area contributed by atoms with Gasteiger partial charge in [0.25, 0.3) is 5.91 Å². The molecule has 210 valence electrons. The number of hydrogen-bond acceptors (Lipinski definition) is 8. The lowest BCUT2D eigenvalue weighted by molar-refractivity contribution is -0.135. The lowest BCUT2D eigenvalue weighted by Gasteiger charge is -2.33. The second-order valence-electron chi connectivity index (χ2n) is 9.64. The largest absolute Gasteiger partial charge is 0.390 e. The fourth-order valence-corrected chi connectivity index (χ4v) is 5.70. The number of rotatable bonds is 13. The summed E-state index contributed by atoms with van der Waals surface area (Å²) < 4.78 is 25.2. The molecule has 0 fully saturated rings. The van der Waals surface area contributed by atoms with Crippen LogP contribution in [0.2, 0.25) is 0 Å². The summed E-state index contributed by atoms with van der Waals surface area (Å²) in [6, 6.07) is 17.5. The van der Waals surface area contributed by atoms with Crippen molar-refractivity contribution in [1.29, 1.82) is 0 Å². The van der Waals surface area contributed by atoms with E-state index in [9.17, 15) is 28.2 Å². The maximum atomic E-state index is 13.1. The van der Waals surface area contributed by atoms with Crippen LogP contribution in [-0.2, 0) is 27.8 Å². The van der Waals surface area contributed by atoms with E-state index >= 15 is 0 Å². The molecule has 4 atom stereocenters. The first-order chi connectivity index (χ1) is 18.4. The third-order valence-corrected chi connectivity index (χ3v) is 7.54. The number of amides is 2. The zero-order valence-corrected chi connectivity index (χ0v) is 23.6. The van der Waals surface area contributed by atoms with Crippen molar-refractivity contribution in [2.45, 2.75) is 45.1 Å². The Morgan fingerprint density at radius 1 is 0.949 bits per heavy atom. The molecular weight excluding hydrogens is 540 g/mol. The van der Waals surface area contributed by atoms with Crippen LogP contribution in [0, 0.1) is 11.8 Å². The van der Waals surface area contributed by atoms with Gasteiger partial charge in [-0.15, -0.1) is 11.3 Å². The molecule has 0 saturated heterocycles. The SMILES string of the molecule is CC(C)[C@@H](C(=O)NCc1ccccc1)[C@@H](O)[C@H](O)[C@H](Cc1ccccc1)NC(=O)c1csc(NS(C)(=O)=O)n1. The first-order valence-corrected chi connectivity index (χ1v) is 15.2. The maximum absolute atomic E-state index is 13.1. The van der Waals surface area contributed by atoms with Gasteiger partial charge in [-0.05, 0) is 23.5 Å². The van der Waals surface area contributed by atoms with E-state index in [4.69, 9.17) is 0 Å². The average molecular weight is 575 g/mol. The molecule has 5 N–H and O–H groups in total. The van der Waals surface area contributed by atoms with Crippen molar-refractivity contribution in [1.82, 2.24) is 15.6 Å². The van der Waals surface area contributed by atoms with Crippen LogP contribution in [0.3, 0.4) is 0 Å². The molecule has 0 bridgehead atoms. The van der Waals surface area contributed by atoms with Crippen molar-refractivity contribution in [2.24, 2.45) is 11.8 Å². The zero-order valence-electron chi connectivity index (χ0n) is 21.9. The van der Waals surface area contributed by atoms with Crippen LogP contribution >= 0.6 is 11.3 Å². The number of anilines is 1. The van der Waals surface area contributed by atoms with Crippen LogP contribution in [0.4, 0.5) is 5.13 Å². The molecule has 12 heteroatoms. The summed E-state index contributed by atoms with van der Waals surface area (Å²) in [6.07, 6.45) is -1.85. The Labute approximate surface area is 232 Å². The van der Waals surface area contributed by atoms with Gasteiger partial charge in [0.05, 0.1) is 24.3 Å². The fourth-order valence-electron chi connectivity index (χ4n) is 4.16. The normalized spacial score (nSPS) is 14.7. The van der Waals surface area contributed by atoms with Gasteiger partial charge >= 0.3 is 0 Å². The Hall–Kier alpha value is -3.32. The van der Waals surface area contributed by atoms with Gasteiger partial charge in [-0.2, -0.15) is 0 Å². The standard InChI is InChI=1S/C27H34N4O6S2/c1-17(2)22(26(35)28-15-19-12-8-5-9-13-19)24(33)23(32)20(14-18-10-6-4-7-11-18)29-25(34)21-16-38-27(30-21)31-39(3,36)37/h4-13,16-17,20,22-24,32-33H,14-15H2,1-3H3,(H,28,35)(H,29,34)(H,30,31)/t20-,22+,23+,24+/m0/s1.